The molecule has 0 saturated carbocycles. The van der Waals surface area contributed by atoms with E-state index in [0.29, 0.717) is 57.1 Å². The van der Waals surface area contributed by atoms with E-state index in [1.807, 2.05) is 23.9 Å². The topological polar surface area (TPSA) is 70.2 Å². The maximum absolute atomic E-state index is 13.5. The van der Waals surface area contributed by atoms with Crippen LogP contribution in [0.4, 0.5) is 0 Å². The van der Waals surface area contributed by atoms with Gasteiger partial charge in [-0.3, -0.25) is 4.79 Å². The predicted molar refractivity (Wildman–Crippen MR) is 117 cm³/mol. The van der Waals surface area contributed by atoms with E-state index in [9.17, 15) is 13.2 Å². The van der Waals surface area contributed by atoms with Crippen molar-refractivity contribution in [2.45, 2.75) is 56.6 Å². The second kappa shape index (κ2) is 9.66. The summed E-state index contributed by atoms with van der Waals surface area (Å²) in [6, 6.07) is 6.61. The molecule has 1 aromatic carbocycles. The zero-order valence-corrected chi connectivity index (χ0v) is 19.4. The van der Waals surface area contributed by atoms with Crippen molar-refractivity contribution in [1.29, 1.82) is 0 Å². The Labute approximate surface area is 181 Å². The van der Waals surface area contributed by atoms with Crippen molar-refractivity contribution in [2.24, 2.45) is 5.92 Å². The van der Waals surface area contributed by atoms with Gasteiger partial charge in [-0.2, -0.15) is 4.31 Å². The lowest BCUT2D eigenvalue weighted by molar-refractivity contribution is -0.131. The SMILES string of the molecule is CC(C)CCC(=O)N1CC[C@@H]2Oc3ccccc3S(=O)(=O)N(CCN(C)C)[C@H]2CC1. The van der Waals surface area contributed by atoms with Crippen molar-refractivity contribution in [3.63, 3.8) is 0 Å². The number of likely N-dealkylation sites (N-methyl/N-ethyl adjacent to an activating group) is 1. The van der Waals surface area contributed by atoms with Gasteiger partial charge in [0, 0.05) is 39.0 Å². The molecule has 30 heavy (non-hydrogen) atoms. The van der Waals surface area contributed by atoms with Crippen LogP contribution in [-0.4, -0.2) is 80.9 Å². The Morgan fingerprint density at radius 2 is 1.90 bits per heavy atom. The molecule has 0 radical (unpaired) electrons. The Hall–Kier alpha value is -1.64. The predicted octanol–water partition coefficient (Wildman–Crippen LogP) is 2.43. The maximum atomic E-state index is 13.5. The van der Waals surface area contributed by atoms with Crippen molar-refractivity contribution >= 4 is 15.9 Å². The van der Waals surface area contributed by atoms with Gasteiger partial charge in [0.15, 0.2) is 0 Å². The number of sulfonamides is 1. The average molecular weight is 438 g/mol. The fourth-order valence-electron chi connectivity index (χ4n) is 4.16. The molecule has 1 saturated heterocycles. The number of likely N-dealkylation sites (tertiary alicyclic amines) is 1. The van der Waals surface area contributed by atoms with Gasteiger partial charge >= 0.3 is 0 Å². The van der Waals surface area contributed by atoms with Crippen LogP contribution in [-0.2, 0) is 14.8 Å². The van der Waals surface area contributed by atoms with E-state index in [1.54, 1.807) is 28.6 Å². The highest BCUT2D eigenvalue weighted by Crippen LogP contribution is 2.36. The highest BCUT2D eigenvalue weighted by Gasteiger charge is 2.43. The van der Waals surface area contributed by atoms with Gasteiger partial charge in [-0.15, -0.1) is 0 Å². The van der Waals surface area contributed by atoms with E-state index in [2.05, 4.69) is 13.8 Å². The summed E-state index contributed by atoms with van der Waals surface area (Å²) in [5.74, 6) is 1.06. The molecule has 3 rings (SSSR count). The van der Waals surface area contributed by atoms with E-state index in [0.717, 1.165) is 6.42 Å². The lowest BCUT2D eigenvalue weighted by Gasteiger charge is -2.32. The van der Waals surface area contributed by atoms with Crippen molar-refractivity contribution in [1.82, 2.24) is 14.1 Å². The van der Waals surface area contributed by atoms with Crippen LogP contribution in [0.5, 0.6) is 5.75 Å². The van der Waals surface area contributed by atoms with E-state index in [-0.39, 0.29) is 22.9 Å². The first-order chi connectivity index (χ1) is 14.2. The maximum Gasteiger partial charge on any atom is 0.247 e. The van der Waals surface area contributed by atoms with Gasteiger partial charge in [0.2, 0.25) is 15.9 Å². The van der Waals surface area contributed by atoms with Crippen LogP contribution in [0, 0.1) is 5.92 Å². The number of hydrogen-bond acceptors (Lipinski definition) is 5. The third kappa shape index (κ3) is 5.15. The molecule has 0 unspecified atom stereocenters. The van der Waals surface area contributed by atoms with Gasteiger partial charge in [0.25, 0.3) is 0 Å². The van der Waals surface area contributed by atoms with Crippen LogP contribution in [0.3, 0.4) is 0 Å². The third-order valence-corrected chi connectivity index (χ3v) is 7.91. The van der Waals surface area contributed by atoms with Crippen LogP contribution in [0.2, 0.25) is 0 Å². The molecule has 1 amide bonds. The molecular weight excluding hydrogens is 402 g/mol. The largest absolute Gasteiger partial charge is 0.487 e. The minimum atomic E-state index is -3.68. The molecule has 2 aliphatic rings. The lowest BCUT2D eigenvalue weighted by Crippen LogP contribution is -2.49. The molecule has 1 aromatic rings. The number of ether oxygens (including phenoxy) is 1. The Balaban J connectivity index is 1.87. The molecule has 168 valence electrons. The molecule has 0 aromatic heterocycles. The minimum Gasteiger partial charge on any atom is -0.487 e. The molecule has 8 heteroatoms. The quantitative estimate of drug-likeness (QED) is 0.684. The summed E-state index contributed by atoms with van der Waals surface area (Å²) < 4.78 is 35.0. The Morgan fingerprint density at radius 1 is 1.20 bits per heavy atom. The highest BCUT2D eigenvalue weighted by molar-refractivity contribution is 7.89. The van der Waals surface area contributed by atoms with Crippen LogP contribution in [0.1, 0.15) is 39.5 Å². The molecule has 2 aliphatic heterocycles. The number of carbonyl (C=O) groups is 1. The number of rotatable bonds is 6. The van der Waals surface area contributed by atoms with Gasteiger partial charge in [-0.05, 0) is 45.0 Å². The molecule has 0 N–H and O–H groups in total. The number of carbonyl (C=O) groups excluding carboxylic acids is 1. The van der Waals surface area contributed by atoms with Crippen LogP contribution in [0.25, 0.3) is 0 Å². The zero-order valence-electron chi connectivity index (χ0n) is 18.6. The van der Waals surface area contributed by atoms with E-state index < -0.39 is 10.0 Å². The first-order valence-corrected chi connectivity index (χ1v) is 12.3. The zero-order chi connectivity index (χ0) is 21.9. The summed E-state index contributed by atoms with van der Waals surface area (Å²) in [6.45, 7) is 6.42. The molecule has 1 fully saturated rings. The number of hydrogen-bond donors (Lipinski definition) is 0. The Bertz CT molecular complexity index is 841. The second-order valence-corrected chi connectivity index (χ2v) is 10.8. The van der Waals surface area contributed by atoms with Gasteiger partial charge < -0.3 is 14.5 Å². The molecule has 2 heterocycles. The first-order valence-electron chi connectivity index (χ1n) is 10.9. The monoisotopic (exact) mass is 437 g/mol. The van der Waals surface area contributed by atoms with Crippen molar-refractivity contribution in [2.75, 3.05) is 40.3 Å². The second-order valence-electron chi connectivity index (χ2n) is 8.98. The Kier molecular flexibility index (Phi) is 7.42. The van der Waals surface area contributed by atoms with Gasteiger partial charge in [0.05, 0.1) is 6.04 Å². The highest BCUT2D eigenvalue weighted by atomic mass is 32.2. The molecule has 2 atom stereocenters. The number of benzene rings is 1. The molecule has 0 aliphatic carbocycles. The molecule has 0 bridgehead atoms. The van der Waals surface area contributed by atoms with Crippen molar-refractivity contribution < 1.29 is 17.9 Å². The van der Waals surface area contributed by atoms with Gasteiger partial charge in [-0.1, -0.05) is 26.0 Å². The summed E-state index contributed by atoms with van der Waals surface area (Å²) in [6.07, 6.45) is 2.35. The third-order valence-electron chi connectivity index (χ3n) is 5.95. The minimum absolute atomic E-state index is 0.156. The fraction of sp³-hybridized carbons (Fsp3) is 0.682. The number of nitrogens with zero attached hydrogens (tertiary/aromatic N) is 3. The smallest absolute Gasteiger partial charge is 0.247 e. The summed E-state index contributed by atoms with van der Waals surface area (Å²) in [4.78, 5) is 16.8. The van der Waals surface area contributed by atoms with Crippen molar-refractivity contribution in [3.8, 4) is 5.75 Å². The fourth-order valence-corrected chi connectivity index (χ4v) is 5.95. The molecule has 7 nitrogen and oxygen atoms in total. The Morgan fingerprint density at radius 3 is 2.60 bits per heavy atom. The number of para-hydroxylation sites is 1. The van der Waals surface area contributed by atoms with Crippen molar-refractivity contribution in [3.05, 3.63) is 24.3 Å². The normalized spacial score (nSPS) is 24.0. The van der Waals surface area contributed by atoms with Crippen LogP contribution < -0.4 is 4.74 Å². The van der Waals surface area contributed by atoms with Crippen LogP contribution in [0.15, 0.2) is 29.2 Å². The van der Waals surface area contributed by atoms with Crippen LogP contribution >= 0.6 is 0 Å². The first kappa shape index (κ1) is 23.0. The lowest BCUT2D eigenvalue weighted by atomic mass is 10.1. The average Bonchev–Trinajstić information content (AvgIpc) is 2.93. The van der Waals surface area contributed by atoms with E-state index in [1.165, 1.54) is 0 Å². The summed E-state index contributed by atoms with van der Waals surface area (Å²) >= 11 is 0. The standard InChI is InChI=1S/C22H35N3O4S/c1-17(2)9-10-22(26)24-13-11-18-19(12-14-24)29-20-7-5-6-8-21(20)30(27,28)25(18)16-15-23(3)4/h5-8,17-19H,9-16H2,1-4H3/t18-,19-/m0/s1. The molecular formula is C22H35N3O4S. The molecule has 0 spiro atoms. The van der Waals surface area contributed by atoms with E-state index in [4.69, 9.17) is 4.74 Å². The summed E-state index contributed by atoms with van der Waals surface area (Å²) in [5, 5.41) is 0. The van der Waals surface area contributed by atoms with Gasteiger partial charge in [0.1, 0.15) is 16.7 Å². The number of amides is 1. The number of fused-ring (bicyclic) bond motifs is 2. The van der Waals surface area contributed by atoms with Gasteiger partial charge in [-0.25, -0.2) is 8.42 Å². The summed E-state index contributed by atoms with van der Waals surface area (Å²) in [7, 11) is 0.196. The van der Waals surface area contributed by atoms with E-state index >= 15 is 0 Å². The summed E-state index contributed by atoms with van der Waals surface area (Å²) in [5.41, 5.74) is 0.